The summed E-state index contributed by atoms with van der Waals surface area (Å²) in [5, 5.41) is 10.8. The fourth-order valence-electron chi connectivity index (χ4n) is 4.00. The summed E-state index contributed by atoms with van der Waals surface area (Å²) in [6.45, 7) is 5.36. The second-order valence-electron chi connectivity index (χ2n) is 7.57. The average Bonchev–Trinajstić information content (AvgIpc) is 2.40. The summed E-state index contributed by atoms with van der Waals surface area (Å²) in [4.78, 5) is 0. The summed E-state index contributed by atoms with van der Waals surface area (Å²) >= 11 is 0. The van der Waals surface area contributed by atoms with Crippen LogP contribution in [0.3, 0.4) is 0 Å². The first kappa shape index (κ1) is 14.3. The molecule has 2 nitrogen and oxygen atoms in total. The van der Waals surface area contributed by atoms with Crippen molar-refractivity contribution in [2.45, 2.75) is 77.7 Å². The van der Waals surface area contributed by atoms with Gasteiger partial charge in [0.2, 0.25) is 0 Å². The highest BCUT2D eigenvalue weighted by molar-refractivity contribution is 4.97. The Morgan fingerprint density at radius 1 is 1.06 bits per heavy atom. The van der Waals surface area contributed by atoms with Crippen LogP contribution in [-0.4, -0.2) is 17.8 Å². The smallest absolute Gasteiger partial charge is 0.0636 e. The maximum absolute atomic E-state index is 10.8. The number of hydrogen-bond donors (Lipinski definition) is 2. The predicted molar refractivity (Wildman–Crippen MR) is 76.3 cm³/mol. The standard InChI is InChI=1S/C16H31NO/c1-15(2)8-10-16(12-17,11-9-15)14(18)13-6-4-3-5-7-13/h13-14,18H,3-12,17H2,1-2H3. The molecule has 0 spiro atoms. The maximum atomic E-state index is 10.8. The fraction of sp³-hybridized carbons (Fsp3) is 1.00. The van der Waals surface area contributed by atoms with E-state index in [4.69, 9.17) is 5.73 Å². The van der Waals surface area contributed by atoms with E-state index in [1.807, 2.05) is 0 Å². The van der Waals surface area contributed by atoms with Gasteiger partial charge in [-0.25, -0.2) is 0 Å². The Labute approximate surface area is 112 Å². The molecule has 0 saturated heterocycles. The van der Waals surface area contributed by atoms with E-state index < -0.39 is 0 Å². The molecule has 0 radical (unpaired) electrons. The van der Waals surface area contributed by atoms with Gasteiger partial charge in [0.1, 0.15) is 0 Å². The molecule has 0 bridgehead atoms. The van der Waals surface area contributed by atoms with Crippen molar-refractivity contribution in [3.63, 3.8) is 0 Å². The lowest BCUT2D eigenvalue weighted by Gasteiger charge is -2.48. The van der Waals surface area contributed by atoms with Crippen molar-refractivity contribution >= 4 is 0 Å². The summed E-state index contributed by atoms with van der Waals surface area (Å²) in [7, 11) is 0. The lowest BCUT2D eigenvalue weighted by Crippen LogP contribution is -2.49. The second kappa shape index (κ2) is 5.50. The van der Waals surface area contributed by atoms with E-state index in [-0.39, 0.29) is 11.5 Å². The summed E-state index contributed by atoms with van der Waals surface area (Å²) in [6.07, 6.45) is 10.9. The highest BCUT2D eigenvalue weighted by Crippen LogP contribution is 2.49. The number of aliphatic hydroxyl groups is 1. The monoisotopic (exact) mass is 253 g/mol. The Kier molecular flexibility index (Phi) is 4.38. The molecule has 2 fully saturated rings. The Morgan fingerprint density at radius 3 is 2.11 bits per heavy atom. The van der Waals surface area contributed by atoms with Crippen LogP contribution in [-0.2, 0) is 0 Å². The van der Waals surface area contributed by atoms with Gasteiger partial charge in [0.25, 0.3) is 0 Å². The quantitative estimate of drug-likeness (QED) is 0.809. The van der Waals surface area contributed by atoms with Crippen LogP contribution in [0.25, 0.3) is 0 Å². The zero-order chi connectivity index (χ0) is 13.2. The topological polar surface area (TPSA) is 46.2 Å². The first-order chi connectivity index (χ1) is 8.49. The third-order valence-electron chi connectivity index (χ3n) is 5.73. The van der Waals surface area contributed by atoms with Gasteiger partial charge in [-0.05, 0) is 49.9 Å². The van der Waals surface area contributed by atoms with Gasteiger partial charge >= 0.3 is 0 Å². The van der Waals surface area contributed by atoms with Crippen molar-refractivity contribution < 1.29 is 5.11 Å². The molecular formula is C16H31NO. The van der Waals surface area contributed by atoms with E-state index in [9.17, 15) is 5.11 Å². The van der Waals surface area contributed by atoms with Gasteiger partial charge in [-0.15, -0.1) is 0 Å². The molecule has 1 unspecified atom stereocenters. The summed E-state index contributed by atoms with van der Waals surface area (Å²) in [5.74, 6) is 0.517. The van der Waals surface area contributed by atoms with Gasteiger partial charge < -0.3 is 10.8 Å². The van der Waals surface area contributed by atoms with Crippen molar-refractivity contribution in [3.8, 4) is 0 Å². The predicted octanol–water partition coefficient (Wildman–Crippen LogP) is 3.47. The Balaban J connectivity index is 2.02. The normalized spacial score (nSPS) is 30.0. The summed E-state index contributed by atoms with van der Waals surface area (Å²) in [6, 6.07) is 0. The second-order valence-corrected chi connectivity index (χ2v) is 7.57. The number of aliphatic hydroxyl groups excluding tert-OH is 1. The van der Waals surface area contributed by atoms with Gasteiger partial charge in [0, 0.05) is 12.0 Å². The third-order valence-corrected chi connectivity index (χ3v) is 5.73. The molecule has 0 aliphatic heterocycles. The van der Waals surface area contributed by atoms with Gasteiger partial charge in [-0.2, -0.15) is 0 Å². The largest absolute Gasteiger partial charge is 0.392 e. The van der Waals surface area contributed by atoms with E-state index in [1.165, 1.54) is 44.9 Å². The number of nitrogens with two attached hydrogens (primary N) is 1. The molecule has 0 aromatic carbocycles. The zero-order valence-electron chi connectivity index (χ0n) is 12.3. The fourth-order valence-corrected chi connectivity index (χ4v) is 4.00. The molecule has 18 heavy (non-hydrogen) atoms. The van der Waals surface area contributed by atoms with Crippen LogP contribution in [0.2, 0.25) is 0 Å². The van der Waals surface area contributed by atoms with Crippen LogP contribution in [0.5, 0.6) is 0 Å². The molecule has 0 amide bonds. The van der Waals surface area contributed by atoms with Gasteiger partial charge in [0.15, 0.2) is 0 Å². The van der Waals surface area contributed by atoms with E-state index in [0.717, 1.165) is 12.8 Å². The van der Waals surface area contributed by atoms with Crippen LogP contribution in [0.1, 0.15) is 71.6 Å². The van der Waals surface area contributed by atoms with Crippen LogP contribution in [0, 0.1) is 16.7 Å². The highest BCUT2D eigenvalue weighted by atomic mass is 16.3. The molecular weight excluding hydrogens is 222 g/mol. The molecule has 1 atom stereocenters. The Hall–Kier alpha value is -0.0800. The molecule has 0 heterocycles. The molecule has 0 aromatic rings. The van der Waals surface area contributed by atoms with Crippen molar-refractivity contribution in [1.29, 1.82) is 0 Å². The lowest BCUT2D eigenvalue weighted by molar-refractivity contribution is -0.0624. The van der Waals surface area contributed by atoms with Crippen molar-refractivity contribution in [3.05, 3.63) is 0 Å². The number of rotatable bonds is 3. The molecule has 2 heteroatoms. The third kappa shape index (κ3) is 2.91. The molecule has 2 rings (SSSR count). The minimum Gasteiger partial charge on any atom is -0.392 e. The molecule has 2 saturated carbocycles. The molecule has 3 N–H and O–H groups in total. The minimum absolute atomic E-state index is 0.0253. The molecule has 2 aliphatic carbocycles. The van der Waals surface area contributed by atoms with E-state index >= 15 is 0 Å². The zero-order valence-corrected chi connectivity index (χ0v) is 12.3. The van der Waals surface area contributed by atoms with Gasteiger partial charge in [-0.3, -0.25) is 0 Å². The first-order valence-electron chi connectivity index (χ1n) is 7.87. The molecule has 2 aliphatic rings. The summed E-state index contributed by atoms with van der Waals surface area (Å²) < 4.78 is 0. The number of hydrogen-bond acceptors (Lipinski definition) is 2. The van der Waals surface area contributed by atoms with Crippen LogP contribution < -0.4 is 5.73 Å². The molecule has 106 valence electrons. The maximum Gasteiger partial charge on any atom is 0.0636 e. The van der Waals surface area contributed by atoms with Crippen LogP contribution >= 0.6 is 0 Å². The van der Waals surface area contributed by atoms with E-state index in [2.05, 4.69) is 13.8 Å². The minimum atomic E-state index is -0.154. The summed E-state index contributed by atoms with van der Waals surface area (Å²) in [5.41, 5.74) is 6.55. The molecule has 0 aromatic heterocycles. The Bertz CT molecular complexity index is 258. The van der Waals surface area contributed by atoms with Crippen LogP contribution in [0.4, 0.5) is 0 Å². The van der Waals surface area contributed by atoms with Gasteiger partial charge in [-0.1, -0.05) is 33.1 Å². The van der Waals surface area contributed by atoms with E-state index in [1.54, 1.807) is 0 Å². The van der Waals surface area contributed by atoms with Gasteiger partial charge in [0.05, 0.1) is 6.10 Å². The lowest BCUT2D eigenvalue weighted by atomic mass is 9.60. The van der Waals surface area contributed by atoms with Crippen molar-refractivity contribution in [2.24, 2.45) is 22.5 Å². The Morgan fingerprint density at radius 2 is 1.61 bits per heavy atom. The van der Waals surface area contributed by atoms with Crippen molar-refractivity contribution in [1.82, 2.24) is 0 Å². The first-order valence-corrected chi connectivity index (χ1v) is 7.87. The van der Waals surface area contributed by atoms with E-state index in [0.29, 0.717) is 17.9 Å². The highest BCUT2D eigenvalue weighted by Gasteiger charge is 2.45. The van der Waals surface area contributed by atoms with Crippen LogP contribution in [0.15, 0.2) is 0 Å². The SMILES string of the molecule is CC1(C)CCC(CN)(C(O)C2CCCCC2)CC1. The van der Waals surface area contributed by atoms with Crippen molar-refractivity contribution in [2.75, 3.05) is 6.54 Å². The average molecular weight is 253 g/mol.